The van der Waals surface area contributed by atoms with Gasteiger partial charge in [0.1, 0.15) is 11.5 Å². The number of hydrogen-bond acceptors (Lipinski definition) is 2. The highest BCUT2D eigenvalue weighted by Gasteiger charge is 2.05. The molecule has 0 N–H and O–H groups in total. The van der Waals surface area contributed by atoms with Crippen LogP contribution in [-0.4, -0.2) is 13.7 Å². The smallest absolute Gasteiger partial charge is 0.127 e. The number of hydrogen-bond donors (Lipinski definition) is 0. The fourth-order valence-electron chi connectivity index (χ4n) is 1.88. The second-order valence-corrected chi connectivity index (χ2v) is 4.01. The summed E-state index contributed by atoms with van der Waals surface area (Å²) < 4.78 is 11.2. The molecule has 0 atom stereocenters. The van der Waals surface area contributed by atoms with Crippen molar-refractivity contribution < 1.29 is 9.47 Å². The molecule has 2 rings (SSSR count). The molecule has 0 amide bonds. The lowest BCUT2D eigenvalue weighted by Crippen LogP contribution is -1.97. The van der Waals surface area contributed by atoms with Gasteiger partial charge in [-0.1, -0.05) is 37.6 Å². The predicted octanol–water partition coefficient (Wildman–Crippen LogP) is 4.03. The molecule has 0 aliphatic rings. The van der Waals surface area contributed by atoms with Crippen LogP contribution >= 0.6 is 0 Å². The van der Waals surface area contributed by atoms with Gasteiger partial charge in [0.25, 0.3) is 0 Å². The number of methoxy groups -OCH3 is 1. The van der Waals surface area contributed by atoms with E-state index in [0.29, 0.717) is 0 Å². The van der Waals surface area contributed by atoms with Crippen LogP contribution in [0, 0.1) is 0 Å². The molecule has 0 bridgehead atoms. The van der Waals surface area contributed by atoms with Crippen LogP contribution in [0.2, 0.25) is 0 Å². The molecule has 2 heteroatoms. The maximum Gasteiger partial charge on any atom is 0.127 e. The zero-order chi connectivity index (χ0) is 12.1. The van der Waals surface area contributed by atoms with Crippen LogP contribution in [-0.2, 0) is 0 Å². The van der Waals surface area contributed by atoms with Gasteiger partial charge >= 0.3 is 0 Å². The Hall–Kier alpha value is -1.70. The van der Waals surface area contributed by atoms with Crippen molar-refractivity contribution in [3.05, 3.63) is 36.4 Å². The summed E-state index contributed by atoms with van der Waals surface area (Å²) in [5.74, 6) is 1.83. The van der Waals surface area contributed by atoms with E-state index >= 15 is 0 Å². The Morgan fingerprint density at radius 3 is 2.24 bits per heavy atom. The van der Waals surface area contributed by atoms with E-state index in [9.17, 15) is 0 Å². The Morgan fingerprint density at radius 1 is 0.941 bits per heavy atom. The standard InChI is InChI=1S/C15H18O2/c1-3-4-11-17-15-10-6-7-12-13(15)8-5-9-14(12)16-2/h5-10H,3-4,11H2,1-2H3. The SMILES string of the molecule is CCCCOc1cccc2c(OC)cccc12. The molecule has 0 unspecified atom stereocenters. The molecule has 0 radical (unpaired) electrons. The van der Waals surface area contributed by atoms with Gasteiger partial charge in [-0.2, -0.15) is 0 Å². The summed E-state index contributed by atoms with van der Waals surface area (Å²) in [6, 6.07) is 12.1. The first kappa shape index (κ1) is 11.8. The third kappa shape index (κ3) is 2.52. The maximum absolute atomic E-state index is 5.80. The first-order chi connectivity index (χ1) is 8.36. The van der Waals surface area contributed by atoms with Crippen molar-refractivity contribution in [2.75, 3.05) is 13.7 Å². The second kappa shape index (κ2) is 5.58. The minimum atomic E-state index is 0.771. The molecule has 0 aliphatic heterocycles. The Kier molecular flexibility index (Phi) is 3.86. The summed E-state index contributed by atoms with van der Waals surface area (Å²) in [6.07, 6.45) is 2.23. The highest BCUT2D eigenvalue weighted by atomic mass is 16.5. The predicted molar refractivity (Wildman–Crippen MR) is 70.9 cm³/mol. The van der Waals surface area contributed by atoms with Crippen LogP contribution in [0.4, 0.5) is 0 Å². The van der Waals surface area contributed by atoms with E-state index in [0.717, 1.165) is 41.7 Å². The lowest BCUT2D eigenvalue weighted by molar-refractivity contribution is 0.313. The average molecular weight is 230 g/mol. The molecule has 0 saturated carbocycles. The largest absolute Gasteiger partial charge is 0.496 e. The molecule has 2 aromatic rings. The number of unbranched alkanes of at least 4 members (excludes halogenated alkanes) is 1. The lowest BCUT2D eigenvalue weighted by Gasteiger charge is -2.10. The van der Waals surface area contributed by atoms with E-state index in [2.05, 4.69) is 19.1 Å². The highest BCUT2D eigenvalue weighted by molar-refractivity contribution is 5.93. The van der Waals surface area contributed by atoms with Crippen molar-refractivity contribution in [1.82, 2.24) is 0 Å². The monoisotopic (exact) mass is 230 g/mol. The van der Waals surface area contributed by atoms with E-state index in [1.54, 1.807) is 7.11 Å². The topological polar surface area (TPSA) is 18.5 Å². The number of ether oxygens (including phenoxy) is 2. The molecular weight excluding hydrogens is 212 g/mol. The minimum Gasteiger partial charge on any atom is -0.496 e. The van der Waals surface area contributed by atoms with Gasteiger partial charge in [-0.25, -0.2) is 0 Å². The molecule has 0 saturated heterocycles. The third-order valence-corrected chi connectivity index (χ3v) is 2.82. The molecule has 0 aromatic heterocycles. The quantitative estimate of drug-likeness (QED) is 0.722. The van der Waals surface area contributed by atoms with Gasteiger partial charge in [0.05, 0.1) is 13.7 Å². The van der Waals surface area contributed by atoms with E-state index in [1.165, 1.54) is 0 Å². The van der Waals surface area contributed by atoms with Gasteiger partial charge in [0.15, 0.2) is 0 Å². The summed E-state index contributed by atoms with van der Waals surface area (Å²) in [4.78, 5) is 0. The number of benzene rings is 2. The van der Waals surface area contributed by atoms with Crippen LogP contribution in [0.15, 0.2) is 36.4 Å². The van der Waals surface area contributed by atoms with Gasteiger partial charge in [-0.05, 0) is 18.6 Å². The zero-order valence-corrected chi connectivity index (χ0v) is 10.4. The van der Waals surface area contributed by atoms with E-state index < -0.39 is 0 Å². The van der Waals surface area contributed by atoms with Gasteiger partial charge < -0.3 is 9.47 Å². The Bertz CT molecular complexity index is 491. The molecule has 17 heavy (non-hydrogen) atoms. The summed E-state index contributed by atoms with van der Waals surface area (Å²) in [5.41, 5.74) is 0. The second-order valence-electron chi connectivity index (χ2n) is 4.01. The van der Waals surface area contributed by atoms with Crippen LogP contribution in [0.5, 0.6) is 11.5 Å². The zero-order valence-electron chi connectivity index (χ0n) is 10.4. The first-order valence-electron chi connectivity index (χ1n) is 6.05. The van der Waals surface area contributed by atoms with Crippen LogP contribution in [0.25, 0.3) is 10.8 Å². The van der Waals surface area contributed by atoms with Crippen molar-refractivity contribution in [3.8, 4) is 11.5 Å². The fourth-order valence-corrected chi connectivity index (χ4v) is 1.88. The van der Waals surface area contributed by atoms with Gasteiger partial charge in [-0.3, -0.25) is 0 Å². The van der Waals surface area contributed by atoms with Crippen LogP contribution in [0.3, 0.4) is 0 Å². The van der Waals surface area contributed by atoms with Gasteiger partial charge in [0.2, 0.25) is 0 Å². The third-order valence-electron chi connectivity index (χ3n) is 2.82. The highest BCUT2D eigenvalue weighted by Crippen LogP contribution is 2.31. The van der Waals surface area contributed by atoms with Gasteiger partial charge in [0, 0.05) is 10.8 Å². The number of fused-ring (bicyclic) bond motifs is 1. The van der Waals surface area contributed by atoms with Crippen molar-refractivity contribution in [2.24, 2.45) is 0 Å². The van der Waals surface area contributed by atoms with Crippen molar-refractivity contribution in [3.63, 3.8) is 0 Å². The normalized spacial score (nSPS) is 10.5. The molecular formula is C15H18O2. The fraction of sp³-hybridized carbons (Fsp3) is 0.333. The van der Waals surface area contributed by atoms with Crippen LogP contribution < -0.4 is 9.47 Å². The van der Waals surface area contributed by atoms with Crippen molar-refractivity contribution >= 4 is 10.8 Å². The summed E-state index contributed by atoms with van der Waals surface area (Å²) in [7, 11) is 1.69. The molecule has 0 heterocycles. The summed E-state index contributed by atoms with van der Waals surface area (Å²) in [6.45, 7) is 2.93. The molecule has 0 spiro atoms. The molecule has 2 aromatic carbocycles. The van der Waals surface area contributed by atoms with E-state index in [-0.39, 0.29) is 0 Å². The molecule has 0 fully saturated rings. The Balaban J connectivity index is 2.36. The Morgan fingerprint density at radius 2 is 1.59 bits per heavy atom. The molecule has 0 aliphatic carbocycles. The Labute approximate surface area is 102 Å². The van der Waals surface area contributed by atoms with Crippen molar-refractivity contribution in [2.45, 2.75) is 19.8 Å². The molecule has 90 valence electrons. The van der Waals surface area contributed by atoms with E-state index in [1.807, 2.05) is 24.3 Å². The first-order valence-corrected chi connectivity index (χ1v) is 6.05. The minimum absolute atomic E-state index is 0.771. The maximum atomic E-state index is 5.80. The molecule has 2 nitrogen and oxygen atoms in total. The summed E-state index contributed by atoms with van der Waals surface area (Å²) in [5, 5.41) is 2.21. The average Bonchev–Trinajstić information content (AvgIpc) is 2.38. The van der Waals surface area contributed by atoms with Crippen molar-refractivity contribution in [1.29, 1.82) is 0 Å². The number of rotatable bonds is 5. The van der Waals surface area contributed by atoms with E-state index in [4.69, 9.17) is 9.47 Å². The van der Waals surface area contributed by atoms with Gasteiger partial charge in [-0.15, -0.1) is 0 Å². The van der Waals surface area contributed by atoms with Crippen LogP contribution in [0.1, 0.15) is 19.8 Å². The summed E-state index contributed by atoms with van der Waals surface area (Å²) >= 11 is 0. The lowest BCUT2D eigenvalue weighted by atomic mass is 10.1.